The standard InChI is InChI=1S/C17H24N4O/c1-12(2)10-19-17(18)20-11-14-9-15(22)21(3)16(14)13-7-5-4-6-8-13/h4-8,14,16H,1,9-11H2,2-3H3,(H3,18,19,20). The van der Waals surface area contributed by atoms with Crippen molar-refractivity contribution in [1.82, 2.24) is 10.2 Å². The molecule has 22 heavy (non-hydrogen) atoms. The van der Waals surface area contributed by atoms with E-state index in [1.807, 2.05) is 37.1 Å². The van der Waals surface area contributed by atoms with Gasteiger partial charge >= 0.3 is 0 Å². The number of carbonyl (C=O) groups excluding carboxylic acids is 1. The summed E-state index contributed by atoms with van der Waals surface area (Å²) in [6, 6.07) is 10.2. The van der Waals surface area contributed by atoms with E-state index in [1.165, 1.54) is 0 Å². The third-order valence-corrected chi connectivity index (χ3v) is 3.90. The van der Waals surface area contributed by atoms with Crippen LogP contribution in [0.2, 0.25) is 0 Å². The van der Waals surface area contributed by atoms with Crippen LogP contribution in [0.3, 0.4) is 0 Å². The number of nitrogens with two attached hydrogens (primary N) is 1. The first-order chi connectivity index (χ1) is 10.5. The number of aliphatic imine (C=N–C) groups is 1. The van der Waals surface area contributed by atoms with Gasteiger partial charge < -0.3 is 16.0 Å². The lowest BCUT2D eigenvalue weighted by Crippen LogP contribution is -2.37. The Bertz CT molecular complexity index is 567. The first kappa shape index (κ1) is 16.1. The maximum Gasteiger partial charge on any atom is 0.223 e. The maximum atomic E-state index is 12.1. The van der Waals surface area contributed by atoms with Gasteiger partial charge in [-0.1, -0.05) is 42.5 Å². The molecule has 1 saturated heterocycles. The van der Waals surface area contributed by atoms with Crippen molar-refractivity contribution in [1.29, 1.82) is 0 Å². The average molecular weight is 300 g/mol. The van der Waals surface area contributed by atoms with Gasteiger partial charge in [0.05, 0.1) is 12.6 Å². The average Bonchev–Trinajstić information content (AvgIpc) is 2.79. The Labute approximate surface area is 131 Å². The maximum absolute atomic E-state index is 12.1. The molecular weight excluding hydrogens is 276 g/mol. The van der Waals surface area contributed by atoms with Gasteiger partial charge in [0.25, 0.3) is 0 Å². The monoisotopic (exact) mass is 300 g/mol. The van der Waals surface area contributed by atoms with E-state index < -0.39 is 0 Å². The number of nitrogens with one attached hydrogen (secondary N) is 1. The van der Waals surface area contributed by atoms with Crippen molar-refractivity contribution in [2.24, 2.45) is 16.6 Å². The lowest BCUT2D eigenvalue weighted by molar-refractivity contribution is -0.127. The van der Waals surface area contributed by atoms with Crippen molar-refractivity contribution < 1.29 is 4.79 Å². The van der Waals surface area contributed by atoms with Crippen LogP contribution in [-0.4, -0.2) is 36.9 Å². The molecule has 1 aliphatic heterocycles. The second-order valence-corrected chi connectivity index (χ2v) is 5.86. The fourth-order valence-electron chi connectivity index (χ4n) is 2.79. The van der Waals surface area contributed by atoms with E-state index in [1.54, 1.807) is 0 Å². The number of guanidine groups is 1. The normalized spacial score (nSPS) is 22.0. The van der Waals surface area contributed by atoms with E-state index >= 15 is 0 Å². The minimum atomic E-state index is 0.0788. The van der Waals surface area contributed by atoms with Crippen LogP contribution >= 0.6 is 0 Å². The molecule has 1 aliphatic rings. The molecular formula is C17H24N4O. The topological polar surface area (TPSA) is 70.7 Å². The van der Waals surface area contributed by atoms with Crippen LogP contribution in [0.4, 0.5) is 0 Å². The van der Waals surface area contributed by atoms with Crippen LogP contribution in [0.5, 0.6) is 0 Å². The molecule has 2 rings (SSSR count). The molecule has 5 nitrogen and oxygen atoms in total. The second-order valence-electron chi connectivity index (χ2n) is 5.86. The highest BCUT2D eigenvalue weighted by Gasteiger charge is 2.38. The Morgan fingerprint density at radius 3 is 2.77 bits per heavy atom. The number of rotatable bonds is 5. The Morgan fingerprint density at radius 1 is 1.45 bits per heavy atom. The minimum absolute atomic E-state index is 0.0788. The molecule has 1 fully saturated rings. The zero-order valence-electron chi connectivity index (χ0n) is 13.2. The summed E-state index contributed by atoms with van der Waals surface area (Å²) in [5.41, 5.74) is 7.97. The Hall–Kier alpha value is -2.30. The summed E-state index contributed by atoms with van der Waals surface area (Å²) in [7, 11) is 1.86. The molecule has 0 saturated carbocycles. The lowest BCUT2D eigenvalue weighted by Gasteiger charge is -2.25. The van der Waals surface area contributed by atoms with Crippen LogP contribution in [-0.2, 0) is 4.79 Å². The Morgan fingerprint density at radius 2 is 2.14 bits per heavy atom. The molecule has 2 unspecified atom stereocenters. The summed E-state index contributed by atoms with van der Waals surface area (Å²) >= 11 is 0. The van der Waals surface area contributed by atoms with E-state index in [9.17, 15) is 4.79 Å². The number of hydrogen-bond acceptors (Lipinski definition) is 2. The fourth-order valence-corrected chi connectivity index (χ4v) is 2.79. The van der Waals surface area contributed by atoms with E-state index in [4.69, 9.17) is 5.73 Å². The molecule has 2 atom stereocenters. The SMILES string of the molecule is C=C(C)CN=C(N)NCC1CC(=O)N(C)C1c1ccccc1. The molecule has 0 spiro atoms. The van der Waals surface area contributed by atoms with Gasteiger partial charge in [-0.2, -0.15) is 0 Å². The largest absolute Gasteiger partial charge is 0.370 e. The van der Waals surface area contributed by atoms with Gasteiger partial charge in [0, 0.05) is 25.9 Å². The van der Waals surface area contributed by atoms with Crippen molar-refractivity contribution in [3.05, 3.63) is 48.0 Å². The predicted molar refractivity (Wildman–Crippen MR) is 89.4 cm³/mol. The summed E-state index contributed by atoms with van der Waals surface area (Å²) in [4.78, 5) is 18.1. The van der Waals surface area contributed by atoms with Gasteiger partial charge in [-0.25, -0.2) is 4.99 Å². The molecule has 1 aromatic rings. The smallest absolute Gasteiger partial charge is 0.223 e. The highest BCUT2D eigenvalue weighted by atomic mass is 16.2. The zero-order valence-corrected chi connectivity index (χ0v) is 13.2. The third kappa shape index (κ3) is 3.87. The lowest BCUT2D eigenvalue weighted by atomic mass is 9.94. The number of carbonyl (C=O) groups is 1. The van der Waals surface area contributed by atoms with Crippen LogP contribution in [0.15, 0.2) is 47.5 Å². The van der Waals surface area contributed by atoms with Crippen molar-refractivity contribution in [3.63, 3.8) is 0 Å². The first-order valence-electron chi connectivity index (χ1n) is 7.48. The quantitative estimate of drug-likeness (QED) is 0.494. The molecule has 5 heteroatoms. The molecule has 0 radical (unpaired) electrons. The summed E-state index contributed by atoms with van der Waals surface area (Å²) in [6.45, 7) is 6.85. The molecule has 3 N–H and O–H groups in total. The van der Waals surface area contributed by atoms with Gasteiger partial charge in [0.2, 0.25) is 5.91 Å². The summed E-state index contributed by atoms with van der Waals surface area (Å²) in [5, 5.41) is 3.13. The van der Waals surface area contributed by atoms with Gasteiger partial charge in [-0.3, -0.25) is 4.79 Å². The van der Waals surface area contributed by atoms with Crippen molar-refractivity contribution in [2.75, 3.05) is 20.1 Å². The van der Waals surface area contributed by atoms with Crippen molar-refractivity contribution >= 4 is 11.9 Å². The zero-order chi connectivity index (χ0) is 16.1. The predicted octanol–water partition coefficient (Wildman–Crippen LogP) is 1.69. The number of amides is 1. The third-order valence-electron chi connectivity index (χ3n) is 3.90. The second kappa shape index (κ2) is 7.11. The summed E-state index contributed by atoms with van der Waals surface area (Å²) < 4.78 is 0. The summed E-state index contributed by atoms with van der Waals surface area (Å²) in [5.74, 6) is 0.744. The van der Waals surface area contributed by atoms with Crippen molar-refractivity contribution in [3.8, 4) is 0 Å². The van der Waals surface area contributed by atoms with Crippen molar-refractivity contribution in [2.45, 2.75) is 19.4 Å². The van der Waals surface area contributed by atoms with E-state index in [0.717, 1.165) is 11.1 Å². The van der Waals surface area contributed by atoms with Crippen LogP contribution in [0, 0.1) is 5.92 Å². The molecule has 1 aromatic carbocycles. The van der Waals surface area contributed by atoms with Crippen LogP contribution < -0.4 is 11.1 Å². The summed E-state index contributed by atoms with van der Waals surface area (Å²) in [6.07, 6.45) is 0.525. The van der Waals surface area contributed by atoms with E-state index in [2.05, 4.69) is 29.0 Å². The van der Waals surface area contributed by atoms with Gasteiger partial charge in [-0.05, 0) is 12.5 Å². The first-order valence-corrected chi connectivity index (χ1v) is 7.48. The molecule has 118 valence electrons. The number of nitrogens with zero attached hydrogens (tertiary/aromatic N) is 2. The number of hydrogen-bond donors (Lipinski definition) is 2. The number of likely N-dealkylation sites (tertiary alicyclic amines) is 1. The van der Waals surface area contributed by atoms with Crippen LogP contribution in [0.1, 0.15) is 24.9 Å². The highest BCUT2D eigenvalue weighted by molar-refractivity contribution is 5.80. The Kier molecular flexibility index (Phi) is 5.20. The van der Waals surface area contributed by atoms with Gasteiger partial charge in [0.15, 0.2) is 5.96 Å². The van der Waals surface area contributed by atoms with Gasteiger partial charge in [-0.15, -0.1) is 0 Å². The molecule has 1 amide bonds. The number of benzene rings is 1. The Balaban J connectivity index is 2.04. The fraction of sp³-hybridized carbons (Fsp3) is 0.412. The molecule has 0 aliphatic carbocycles. The minimum Gasteiger partial charge on any atom is -0.370 e. The highest BCUT2D eigenvalue weighted by Crippen LogP contribution is 2.36. The van der Waals surface area contributed by atoms with Crippen LogP contribution in [0.25, 0.3) is 0 Å². The van der Waals surface area contributed by atoms with E-state index in [0.29, 0.717) is 25.5 Å². The van der Waals surface area contributed by atoms with Gasteiger partial charge in [0.1, 0.15) is 0 Å². The molecule has 1 heterocycles. The molecule has 0 aromatic heterocycles. The molecule has 0 bridgehead atoms. The van der Waals surface area contributed by atoms with E-state index in [-0.39, 0.29) is 17.9 Å².